The molecule has 0 aliphatic carbocycles. The first-order chi connectivity index (χ1) is 17.5. The molecule has 8 heteroatoms. The first-order valence-electron chi connectivity index (χ1n) is 12.8. The van der Waals surface area contributed by atoms with Gasteiger partial charge in [-0.1, -0.05) is 0 Å². The lowest BCUT2D eigenvalue weighted by molar-refractivity contribution is -0.137. The van der Waals surface area contributed by atoms with Gasteiger partial charge in [0.05, 0.1) is 18.8 Å². The number of benzene rings is 1. The van der Waals surface area contributed by atoms with Crippen molar-refractivity contribution in [2.24, 2.45) is 11.8 Å². The molecule has 1 aliphatic rings. The van der Waals surface area contributed by atoms with Crippen molar-refractivity contribution in [3.05, 3.63) is 60.0 Å². The van der Waals surface area contributed by atoms with Crippen LogP contribution >= 0.6 is 0 Å². The predicted octanol–water partition coefficient (Wildman–Crippen LogP) is 5.26. The summed E-state index contributed by atoms with van der Waals surface area (Å²) in [6, 6.07) is 9.29. The Morgan fingerprint density at radius 1 is 1.19 bits per heavy atom. The summed E-state index contributed by atoms with van der Waals surface area (Å²) >= 11 is 0. The molecule has 1 fully saturated rings. The van der Waals surface area contributed by atoms with Crippen LogP contribution in [0.25, 0.3) is 10.9 Å². The van der Waals surface area contributed by atoms with Gasteiger partial charge in [0, 0.05) is 30.7 Å². The number of nitrogens with zero attached hydrogens (tertiary/aromatic N) is 4. The van der Waals surface area contributed by atoms with Crippen LogP contribution in [0.4, 0.5) is 4.39 Å². The first-order valence-corrected chi connectivity index (χ1v) is 12.8. The lowest BCUT2D eigenvalue weighted by Crippen LogP contribution is -2.41. The van der Waals surface area contributed by atoms with Gasteiger partial charge in [0.15, 0.2) is 0 Å². The first kappa shape index (κ1) is 25.9. The van der Waals surface area contributed by atoms with Crippen LogP contribution in [0.5, 0.6) is 5.75 Å². The molecule has 1 aromatic carbocycles. The lowest BCUT2D eigenvalue weighted by Gasteiger charge is -2.39. The number of methoxy groups -OCH3 is 1. The maximum atomic E-state index is 15.5. The standard InChI is InChI=1S/C28H35FN4O3/c1-36-23-6-8-27-25(17-23)24(11-13-30-27)26(29)7-4-21-12-16-33(19-22(21)5-9-28(34)35)15-2-3-20-10-14-31-32-18-20/h6,8,10-11,13-14,17-18,21-22,26H,2-5,7,9,12,15-16,19H2,1H3,(H,34,35)/t21-,22+,26?/m1/s1. The summed E-state index contributed by atoms with van der Waals surface area (Å²) in [6.45, 7) is 2.81. The van der Waals surface area contributed by atoms with Gasteiger partial charge in [-0.3, -0.25) is 9.78 Å². The fraction of sp³-hybridized carbons (Fsp3) is 0.500. The highest BCUT2D eigenvalue weighted by Gasteiger charge is 2.30. The molecule has 0 spiro atoms. The SMILES string of the molecule is COc1ccc2nccc(C(F)CC[C@@H]3CCN(CCCc4ccnnc4)C[C@@H]3CCC(=O)O)c2c1. The monoisotopic (exact) mass is 494 g/mol. The van der Waals surface area contributed by atoms with E-state index < -0.39 is 12.1 Å². The molecule has 1 N–H and O–H groups in total. The number of aromatic nitrogens is 3. The van der Waals surface area contributed by atoms with Crippen LogP contribution in [0, 0.1) is 11.8 Å². The van der Waals surface area contributed by atoms with Crippen molar-refractivity contribution in [1.82, 2.24) is 20.1 Å². The smallest absolute Gasteiger partial charge is 0.303 e. The fourth-order valence-corrected chi connectivity index (χ4v) is 5.41. The van der Waals surface area contributed by atoms with E-state index in [1.54, 1.807) is 31.8 Å². The number of ether oxygens (including phenoxy) is 1. The molecule has 2 aromatic heterocycles. The molecule has 0 amide bonds. The molecule has 4 rings (SSSR count). The van der Waals surface area contributed by atoms with E-state index in [2.05, 4.69) is 20.1 Å². The van der Waals surface area contributed by atoms with Crippen molar-refractivity contribution >= 4 is 16.9 Å². The van der Waals surface area contributed by atoms with Gasteiger partial charge < -0.3 is 14.7 Å². The Morgan fingerprint density at radius 3 is 2.86 bits per heavy atom. The van der Waals surface area contributed by atoms with E-state index in [0.29, 0.717) is 30.1 Å². The zero-order valence-corrected chi connectivity index (χ0v) is 20.9. The minimum absolute atomic E-state index is 0.158. The molecule has 192 valence electrons. The zero-order chi connectivity index (χ0) is 25.3. The molecule has 3 aromatic rings. The van der Waals surface area contributed by atoms with Crippen LogP contribution in [-0.2, 0) is 11.2 Å². The number of carboxylic acid groups (broad SMARTS) is 1. The van der Waals surface area contributed by atoms with Crippen molar-refractivity contribution in [3.63, 3.8) is 0 Å². The van der Waals surface area contributed by atoms with Crippen LogP contribution < -0.4 is 4.74 Å². The zero-order valence-electron chi connectivity index (χ0n) is 20.9. The average molecular weight is 495 g/mol. The molecular formula is C28H35FN4O3. The number of hydrogen-bond donors (Lipinski definition) is 1. The van der Waals surface area contributed by atoms with Gasteiger partial charge in [0.25, 0.3) is 0 Å². The predicted molar refractivity (Wildman–Crippen MR) is 137 cm³/mol. The van der Waals surface area contributed by atoms with Gasteiger partial charge in [-0.25, -0.2) is 4.39 Å². The van der Waals surface area contributed by atoms with Crippen LogP contribution in [-0.4, -0.2) is 57.9 Å². The Balaban J connectivity index is 1.35. The second kappa shape index (κ2) is 12.7. The minimum Gasteiger partial charge on any atom is -0.497 e. The number of hydrogen-bond acceptors (Lipinski definition) is 6. The third-order valence-electron chi connectivity index (χ3n) is 7.40. The summed E-state index contributed by atoms with van der Waals surface area (Å²) in [5.41, 5.74) is 2.58. The van der Waals surface area contributed by atoms with Crippen molar-refractivity contribution in [3.8, 4) is 5.75 Å². The number of pyridine rings is 1. The quantitative estimate of drug-likeness (QED) is 0.367. The molecule has 0 radical (unpaired) electrons. The molecule has 7 nitrogen and oxygen atoms in total. The number of carboxylic acids is 1. The number of aliphatic carboxylic acids is 1. The summed E-state index contributed by atoms with van der Waals surface area (Å²) in [5.74, 6) is 0.506. The molecule has 1 unspecified atom stereocenters. The van der Waals surface area contributed by atoms with Gasteiger partial charge in [-0.15, -0.1) is 0 Å². The van der Waals surface area contributed by atoms with Gasteiger partial charge in [0.2, 0.25) is 0 Å². The van der Waals surface area contributed by atoms with Crippen LogP contribution in [0.3, 0.4) is 0 Å². The number of carbonyl (C=O) groups is 1. The number of fused-ring (bicyclic) bond motifs is 1. The topological polar surface area (TPSA) is 88.4 Å². The van der Waals surface area contributed by atoms with E-state index >= 15 is 4.39 Å². The third kappa shape index (κ3) is 6.97. The number of alkyl halides is 1. The highest BCUT2D eigenvalue weighted by molar-refractivity contribution is 5.83. The van der Waals surface area contributed by atoms with E-state index in [1.165, 1.54) is 5.56 Å². The van der Waals surface area contributed by atoms with E-state index in [1.807, 2.05) is 24.3 Å². The molecule has 1 saturated heterocycles. The highest BCUT2D eigenvalue weighted by Crippen LogP contribution is 2.36. The number of rotatable bonds is 12. The van der Waals surface area contributed by atoms with Gasteiger partial charge in [-0.05, 0) is 105 Å². The highest BCUT2D eigenvalue weighted by atomic mass is 19.1. The molecule has 3 heterocycles. The van der Waals surface area contributed by atoms with Gasteiger partial charge >= 0.3 is 5.97 Å². The molecular weight excluding hydrogens is 459 g/mol. The van der Waals surface area contributed by atoms with Gasteiger partial charge in [-0.2, -0.15) is 10.2 Å². The molecule has 1 aliphatic heterocycles. The summed E-state index contributed by atoms with van der Waals surface area (Å²) in [5, 5.41) is 17.8. The lowest BCUT2D eigenvalue weighted by atomic mass is 9.79. The Labute approximate surface area is 211 Å². The normalized spacial score (nSPS) is 19.3. The fourth-order valence-electron chi connectivity index (χ4n) is 5.41. The Morgan fingerprint density at radius 2 is 2.08 bits per heavy atom. The average Bonchev–Trinajstić information content (AvgIpc) is 2.91. The summed E-state index contributed by atoms with van der Waals surface area (Å²) < 4.78 is 20.8. The Kier molecular flexibility index (Phi) is 9.17. The maximum Gasteiger partial charge on any atom is 0.303 e. The van der Waals surface area contributed by atoms with E-state index in [-0.39, 0.29) is 12.3 Å². The van der Waals surface area contributed by atoms with E-state index in [0.717, 1.165) is 56.2 Å². The largest absolute Gasteiger partial charge is 0.497 e. The van der Waals surface area contributed by atoms with Crippen molar-refractivity contribution in [1.29, 1.82) is 0 Å². The molecule has 3 atom stereocenters. The summed E-state index contributed by atoms with van der Waals surface area (Å²) in [7, 11) is 1.60. The van der Waals surface area contributed by atoms with E-state index in [4.69, 9.17) is 4.74 Å². The number of halogens is 1. The molecule has 0 saturated carbocycles. The van der Waals surface area contributed by atoms with Crippen LogP contribution in [0.1, 0.15) is 55.8 Å². The van der Waals surface area contributed by atoms with E-state index in [9.17, 15) is 9.90 Å². The minimum atomic E-state index is -1.10. The number of aryl methyl sites for hydroxylation is 1. The van der Waals surface area contributed by atoms with Gasteiger partial charge in [0.1, 0.15) is 11.9 Å². The van der Waals surface area contributed by atoms with Crippen molar-refractivity contribution in [2.45, 2.75) is 51.1 Å². The Bertz CT molecular complexity index is 1130. The number of likely N-dealkylation sites (tertiary alicyclic amines) is 1. The van der Waals surface area contributed by atoms with Crippen molar-refractivity contribution in [2.75, 3.05) is 26.7 Å². The summed E-state index contributed by atoms with van der Waals surface area (Å²) in [6.07, 6.45) is 8.97. The third-order valence-corrected chi connectivity index (χ3v) is 7.40. The number of piperidine rings is 1. The van der Waals surface area contributed by atoms with Crippen LogP contribution in [0.2, 0.25) is 0 Å². The summed E-state index contributed by atoms with van der Waals surface area (Å²) in [4.78, 5) is 18.1. The Hall–Kier alpha value is -3.13. The molecule has 0 bridgehead atoms. The van der Waals surface area contributed by atoms with Crippen molar-refractivity contribution < 1.29 is 19.0 Å². The molecule has 36 heavy (non-hydrogen) atoms. The van der Waals surface area contributed by atoms with Crippen LogP contribution in [0.15, 0.2) is 48.9 Å². The second-order valence-electron chi connectivity index (χ2n) is 9.72. The second-order valence-corrected chi connectivity index (χ2v) is 9.72. The maximum absolute atomic E-state index is 15.5.